The van der Waals surface area contributed by atoms with Crippen LogP contribution in [0, 0.1) is 0 Å². The van der Waals surface area contributed by atoms with Crippen molar-refractivity contribution in [2.24, 2.45) is 0 Å². The van der Waals surface area contributed by atoms with Crippen LogP contribution in [-0.2, 0) is 24.2 Å². The number of rotatable bonds is 5. The molecule has 0 atom stereocenters. The molecule has 32 heavy (non-hydrogen) atoms. The van der Waals surface area contributed by atoms with E-state index in [2.05, 4.69) is 5.32 Å². The fourth-order valence-corrected chi connectivity index (χ4v) is 4.13. The molecule has 0 unspecified atom stereocenters. The lowest BCUT2D eigenvalue weighted by Gasteiger charge is -2.19. The summed E-state index contributed by atoms with van der Waals surface area (Å²) in [6.45, 7) is 1.99. The molecule has 0 spiro atoms. The van der Waals surface area contributed by atoms with E-state index in [1.54, 1.807) is 4.68 Å². The molecule has 1 aliphatic rings. The number of nitrogens with zero attached hydrogens (tertiary/aromatic N) is 2. The number of carbonyl (C=O) groups excluding carboxylic acids is 1. The molecule has 0 fully saturated rings. The van der Waals surface area contributed by atoms with Crippen molar-refractivity contribution in [3.63, 3.8) is 0 Å². The first-order chi connectivity index (χ1) is 15.7. The van der Waals surface area contributed by atoms with Crippen molar-refractivity contribution in [3.05, 3.63) is 106 Å². The van der Waals surface area contributed by atoms with Crippen LogP contribution in [-0.4, -0.2) is 15.3 Å². The number of hydrogen-bond donors (Lipinski definition) is 1. The molecule has 2 heterocycles. The molecular weight excluding hydrogens is 402 g/mol. The number of fused-ring (bicyclic) bond motifs is 2. The van der Waals surface area contributed by atoms with Gasteiger partial charge >= 0.3 is 0 Å². The molecule has 1 amide bonds. The second kappa shape index (κ2) is 8.23. The zero-order valence-electron chi connectivity index (χ0n) is 17.7. The lowest BCUT2D eigenvalue weighted by molar-refractivity contribution is -0.117. The maximum Gasteiger partial charge on any atom is 0.278 e. The maximum absolute atomic E-state index is 13.4. The van der Waals surface area contributed by atoms with Gasteiger partial charge in [0, 0.05) is 12.1 Å². The van der Waals surface area contributed by atoms with Crippen LogP contribution in [0.2, 0.25) is 0 Å². The molecule has 1 aromatic heterocycles. The van der Waals surface area contributed by atoms with Crippen molar-refractivity contribution < 1.29 is 9.53 Å². The summed E-state index contributed by atoms with van der Waals surface area (Å²) >= 11 is 0. The van der Waals surface area contributed by atoms with Gasteiger partial charge in [-0.05, 0) is 41.8 Å². The smallest absolute Gasteiger partial charge is 0.278 e. The number of carbonyl (C=O) groups is 1. The highest BCUT2D eigenvalue weighted by atomic mass is 16.5. The molecule has 6 nitrogen and oxygen atoms in total. The van der Waals surface area contributed by atoms with E-state index in [4.69, 9.17) is 4.74 Å². The van der Waals surface area contributed by atoms with Crippen molar-refractivity contribution >= 4 is 11.6 Å². The number of ether oxygens (including phenoxy) is 1. The van der Waals surface area contributed by atoms with E-state index in [9.17, 15) is 9.59 Å². The SMILES string of the molecule is CCc1ccccc1NC(=O)Cn1c2c(c(=O)n1-c1ccccc1)Cc1ccccc1O2. The number of aryl methyl sites for hydroxylation is 1. The zero-order chi connectivity index (χ0) is 22.1. The van der Waals surface area contributed by atoms with Crippen LogP contribution in [0.1, 0.15) is 23.6 Å². The molecule has 0 aliphatic carbocycles. The number of amides is 1. The minimum absolute atomic E-state index is 0.0559. The first-order valence-electron chi connectivity index (χ1n) is 10.7. The highest BCUT2D eigenvalue weighted by Crippen LogP contribution is 2.35. The van der Waals surface area contributed by atoms with Gasteiger partial charge in [-0.25, -0.2) is 9.36 Å². The highest BCUT2D eigenvalue weighted by Gasteiger charge is 2.29. The Morgan fingerprint density at radius 1 is 0.969 bits per heavy atom. The number of benzene rings is 3. The average Bonchev–Trinajstić information content (AvgIpc) is 3.09. The Bertz CT molecular complexity index is 1350. The van der Waals surface area contributed by atoms with Crippen LogP contribution >= 0.6 is 0 Å². The fourth-order valence-electron chi connectivity index (χ4n) is 4.13. The number of aromatic nitrogens is 2. The topological polar surface area (TPSA) is 65.3 Å². The van der Waals surface area contributed by atoms with E-state index in [0.29, 0.717) is 29.3 Å². The third-order valence-electron chi connectivity index (χ3n) is 5.70. The van der Waals surface area contributed by atoms with E-state index in [1.165, 1.54) is 4.68 Å². The first-order valence-corrected chi connectivity index (χ1v) is 10.7. The molecule has 160 valence electrons. The summed E-state index contributed by atoms with van der Waals surface area (Å²) in [7, 11) is 0. The van der Waals surface area contributed by atoms with Crippen LogP contribution in [0.25, 0.3) is 5.69 Å². The standard InChI is InChI=1S/C26H23N3O3/c1-2-18-10-6-8-14-22(18)27-24(30)17-28-26-21(16-19-11-7-9-15-23(19)32-26)25(31)29(28)20-12-4-3-5-13-20/h3-15H,2,16-17H2,1H3,(H,27,30). The number of hydrogen-bond acceptors (Lipinski definition) is 3. The van der Waals surface area contributed by atoms with Crippen LogP contribution < -0.4 is 15.6 Å². The summed E-state index contributed by atoms with van der Waals surface area (Å²) in [6, 6.07) is 24.7. The Morgan fingerprint density at radius 3 is 2.50 bits per heavy atom. The quantitative estimate of drug-likeness (QED) is 0.450. The van der Waals surface area contributed by atoms with Gasteiger partial charge in [0.05, 0.1) is 11.3 Å². The average molecular weight is 425 g/mol. The molecule has 0 bridgehead atoms. The number of nitrogens with one attached hydrogen (secondary N) is 1. The summed E-state index contributed by atoms with van der Waals surface area (Å²) in [5.41, 5.74) is 3.84. The molecule has 5 rings (SSSR count). The molecule has 0 saturated carbocycles. The van der Waals surface area contributed by atoms with Crippen molar-refractivity contribution in [1.82, 2.24) is 9.36 Å². The summed E-state index contributed by atoms with van der Waals surface area (Å²) in [5.74, 6) is 0.892. The lowest BCUT2D eigenvalue weighted by Crippen LogP contribution is -2.27. The van der Waals surface area contributed by atoms with Crippen LogP contribution in [0.4, 0.5) is 5.69 Å². The van der Waals surface area contributed by atoms with Gasteiger partial charge < -0.3 is 10.1 Å². The lowest BCUT2D eigenvalue weighted by atomic mass is 10.0. The Morgan fingerprint density at radius 2 is 1.69 bits per heavy atom. The monoisotopic (exact) mass is 425 g/mol. The van der Waals surface area contributed by atoms with Crippen LogP contribution in [0.3, 0.4) is 0 Å². The molecular formula is C26H23N3O3. The largest absolute Gasteiger partial charge is 0.439 e. The van der Waals surface area contributed by atoms with Crippen LogP contribution in [0.15, 0.2) is 83.7 Å². The minimum atomic E-state index is -0.226. The van der Waals surface area contributed by atoms with Gasteiger partial charge in [-0.2, -0.15) is 0 Å². The minimum Gasteiger partial charge on any atom is -0.439 e. The van der Waals surface area contributed by atoms with E-state index in [0.717, 1.165) is 23.2 Å². The second-order valence-corrected chi connectivity index (χ2v) is 7.74. The molecule has 1 N–H and O–H groups in total. The maximum atomic E-state index is 13.4. The van der Waals surface area contributed by atoms with Crippen molar-refractivity contribution in [1.29, 1.82) is 0 Å². The summed E-state index contributed by atoms with van der Waals surface area (Å²) in [6.07, 6.45) is 1.27. The summed E-state index contributed by atoms with van der Waals surface area (Å²) in [5, 5.41) is 2.99. The van der Waals surface area contributed by atoms with Gasteiger partial charge in [0.2, 0.25) is 11.8 Å². The van der Waals surface area contributed by atoms with Crippen molar-refractivity contribution in [3.8, 4) is 17.3 Å². The third kappa shape index (κ3) is 3.50. The van der Waals surface area contributed by atoms with E-state index < -0.39 is 0 Å². The van der Waals surface area contributed by atoms with E-state index in [-0.39, 0.29) is 18.0 Å². The molecule has 4 aromatic rings. The summed E-state index contributed by atoms with van der Waals surface area (Å²) < 4.78 is 9.31. The second-order valence-electron chi connectivity index (χ2n) is 7.74. The van der Waals surface area contributed by atoms with Gasteiger partial charge in [-0.1, -0.05) is 61.5 Å². The van der Waals surface area contributed by atoms with Crippen molar-refractivity contribution in [2.75, 3.05) is 5.32 Å². The fraction of sp³-hybridized carbons (Fsp3) is 0.154. The predicted octanol–water partition coefficient (Wildman–Crippen LogP) is 4.54. The molecule has 3 aromatic carbocycles. The van der Waals surface area contributed by atoms with Gasteiger partial charge in [0.25, 0.3) is 5.56 Å². The zero-order valence-corrected chi connectivity index (χ0v) is 17.7. The first kappa shape index (κ1) is 19.9. The molecule has 6 heteroatoms. The molecule has 1 aliphatic heterocycles. The van der Waals surface area contributed by atoms with E-state index in [1.807, 2.05) is 85.8 Å². The Hall–Kier alpha value is -4.06. The molecule has 0 saturated heterocycles. The Balaban J connectivity index is 1.57. The Labute approximate surface area is 185 Å². The number of anilines is 1. The molecule has 0 radical (unpaired) electrons. The van der Waals surface area contributed by atoms with Gasteiger partial charge in [0.15, 0.2) is 0 Å². The van der Waals surface area contributed by atoms with Gasteiger partial charge in [0.1, 0.15) is 12.3 Å². The highest BCUT2D eigenvalue weighted by molar-refractivity contribution is 5.91. The van der Waals surface area contributed by atoms with Gasteiger partial charge in [-0.15, -0.1) is 0 Å². The normalized spacial score (nSPS) is 11.9. The van der Waals surface area contributed by atoms with Crippen molar-refractivity contribution in [2.45, 2.75) is 26.3 Å². The Kier molecular flexibility index (Phi) is 5.11. The van der Waals surface area contributed by atoms with E-state index >= 15 is 0 Å². The van der Waals surface area contributed by atoms with Crippen LogP contribution in [0.5, 0.6) is 11.6 Å². The predicted molar refractivity (Wildman–Crippen MR) is 124 cm³/mol. The third-order valence-corrected chi connectivity index (χ3v) is 5.70. The summed E-state index contributed by atoms with van der Waals surface area (Å²) in [4.78, 5) is 26.5. The van der Waals surface area contributed by atoms with Gasteiger partial charge in [-0.3, -0.25) is 9.59 Å². The number of para-hydroxylation sites is 3.